The Labute approximate surface area is 98.8 Å². The average Bonchev–Trinajstić information content (AvgIpc) is 2.20. The Morgan fingerprint density at radius 3 is 2.53 bits per heavy atom. The molecule has 1 aromatic carbocycles. The molecule has 0 saturated heterocycles. The Hall–Kier alpha value is -1.50. The van der Waals surface area contributed by atoms with Gasteiger partial charge in [0.05, 0.1) is 5.02 Å². The quantitative estimate of drug-likeness (QED) is 0.796. The minimum atomic E-state index is -4.50. The molecule has 1 aromatic rings. The van der Waals surface area contributed by atoms with Gasteiger partial charge in [-0.2, -0.15) is 13.2 Å². The number of carbonyl (C=O) groups excluding carboxylic acids is 1. The van der Waals surface area contributed by atoms with Gasteiger partial charge in [0.1, 0.15) is 12.4 Å². The van der Waals surface area contributed by atoms with E-state index in [9.17, 15) is 22.4 Å². The number of nitrogens with one attached hydrogen (secondary N) is 2. The van der Waals surface area contributed by atoms with Crippen LogP contribution in [-0.4, -0.2) is 18.8 Å². The second-order valence-electron chi connectivity index (χ2n) is 3.05. The van der Waals surface area contributed by atoms with Gasteiger partial charge in [-0.15, -0.1) is 0 Å². The first kappa shape index (κ1) is 13.6. The summed E-state index contributed by atoms with van der Waals surface area (Å²) in [4.78, 5) is 11.0. The minimum Gasteiger partial charge on any atom is -0.329 e. The molecule has 0 aliphatic rings. The van der Waals surface area contributed by atoms with Crippen molar-refractivity contribution in [2.24, 2.45) is 0 Å². The maximum absolute atomic E-state index is 12.9. The third kappa shape index (κ3) is 4.90. The Kier molecular flexibility index (Phi) is 4.17. The molecule has 0 unspecified atom stereocenters. The van der Waals surface area contributed by atoms with Crippen LogP contribution in [-0.2, 0) is 0 Å². The van der Waals surface area contributed by atoms with E-state index in [4.69, 9.17) is 11.6 Å². The van der Waals surface area contributed by atoms with E-state index in [0.29, 0.717) is 0 Å². The number of carbonyl (C=O) groups is 1. The van der Waals surface area contributed by atoms with Crippen molar-refractivity contribution in [2.75, 3.05) is 11.9 Å². The monoisotopic (exact) mass is 270 g/mol. The molecular formula is C9H7ClF4N2O. The molecule has 0 fully saturated rings. The zero-order valence-electron chi connectivity index (χ0n) is 8.24. The van der Waals surface area contributed by atoms with Gasteiger partial charge in [0, 0.05) is 5.69 Å². The van der Waals surface area contributed by atoms with E-state index in [1.54, 1.807) is 5.32 Å². The third-order valence-electron chi connectivity index (χ3n) is 1.63. The van der Waals surface area contributed by atoms with Gasteiger partial charge in [-0.05, 0) is 18.2 Å². The number of alkyl halides is 3. The molecule has 0 radical (unpaired) electrons. The van der Waals surface area contributed by atoms with Gasteiger partial charge in [0.15, 0.2) is 0 Å². The van der Waals surface area contributed by atoms with Gasteiger partial charge in [0.25, 0.3) is 0 Å². The molecule has 0 heterocycles. The summed E-state index contributed by atoms with van der Waals surface area (Å²) < 4.78 is 48.2. The minimum absolute atomic E-state index is 0.00609. The molecule has 94 valence electrons. The number of urea groups is 1. The van der Waals surface area contributed by atoms with E-state index >= 15 is 0 Å². The third-order valence-corrected chi connectivity index (χ3v) is 1.93. The first-order chi connectivity index (χ1) is 7.78. The molecule has 0 aliphatic heterocycles. The summed E-state index contributed by atoms with van der Waals surface area (Å²) in [6, 6.07) is 2.26. The van der Waals surface area contributed by atoms with E-state index in [2.05, 4.69) is 0 Å². The second-order valence-corrected chi connectivity index (χ2v) is 3.46. The first-order valence-corrected chi connectivity index (χ1v) is 4.72. The molecule has 17 heavy (non-hydrogen) atoms. The van der Waals surface area contributed by atoms with Gasteiger partial charge in [-0.3, -0.25) is 0 Å². The predicted molar refractivity (Wildman–Crippen MR) is 54.5 cm³/mol. The molecule has 1 rings (SSSR count). The van der Waals surface area contributed by atoms with Crippen LogP contribution in [0.2, 0.25) is 5.02 Å². The second kappa shape index (κ2) is 5.22. The molecule has 0 spiro atoms. The number of anilines is 1. The maximum Gasteiger partial charge on any atom is 0.405 e. The Morgan fingerprint density at radius 1 is 1.35 bits per heavy atom. The SMILES string of the molecule is O=C(NCC(F)(F)F)Nc1ccc(Cl)c(F)c1. The number of hydrogen-bond donors (Lipinski definition) is 2. The van der Waals surface area contributed by atoms with Crippen molar-refractivity contribution in [1.29, 1.82) is 0 Å². The predicted octanol–water partition coefficient (Wildman–Crippen LogP) is 3.16. The van der Waals surface area contributed by atoms with Crippen LogP contribution in [0.3, 0.4) is 0 Å². The van der Waals surface area contributed by atoms with Gasteiger partial charge in [-0.1, -0.05) is 11.6 Å². The van der Waals surface area contributed by atoms with Crippen molar-refractivity contribution >= 4 is 23.3 Å². The molecule has 8 heteroatoms. The summed E-state index contributed by atoms with van der Waals surface area (Å²) in [6.45, 7) is -1.46. The number of amides is 2. The molecular weight excluding hydrogens is 264 g/mol. The van der Waals surface area contributed by atoms with Crippen molar-refractivity contribution in [2.45, 2.75) is 6.18 Å². The summed E-state index contributed by atoms with van der Waals surface area (Å²) in [7, 11) is 0. The number of halogens is 5. The fourth-order valence-electron chi connectivity index (χ4n) is 0.930. The van der Waals surface area contributed by atoms with Crippen LogP contribution in [0.15, 0.2) is 18.2 Å². The van der Waals surface area contributed by atoms with Gasteiger partial charge in [-0.25, -0.2) is 9.18 Å². The van der Waals surface area contributed by atoms with Gasteiger partial charge < -0.3 is 10.6 Å². The fraction of sp³-hybridized carbons (Fsp3) is 0.222. The number of rotatable bonds is 2. The lowest BCUT2D eigenvalue weighted by molar-refractivity contribution is -0.122. The Bertz CT molecular complexity index is 422. The maximum atomic E-state index is 12.9. The number of hydrogen-bond acceptors (Lipinski definition) is 1. The van der Waals surface area contributed by atoms with Crippen molar-refractivity contribution in [3.8, 4) is 0 Å². The van der Waals surface area contributed by atoms with E-state index in [0.717, 1.165) is 6.07 Å². The van der Waals surface area contributed by atoms with E-state index in [1.165, 1.54) is 12.1 Å². The van der Waals surface area contributed by atoms with E-state index in [-0.39, 0.29) is 10.7 Å². The highest BCUT2D eigenvalue weighted by Gasteiger charge is 2.27. The zero-order chi connectivity index (χ0) is 13.1. The lowest BCUT2D eigenvalue weighted by Gasteiger charge is -2.09. The van der Waals surface area contributed by atoms with Crippen LogP contribution in [0.1, 0.15) is 0 Å². The Balaban J connectivity index is 2.54. The molecule has 0 aliphatic carbocycles. The van der Waals surface area contributed by atoms with Crippen molar-refractivity contribution in [3.05, 3.63) is 29.0 Å². The van der Waals surface area contributed by atoms with Crippen LogP contribution in [0.5, 0.6) is 0 Å². The molecule has 2 N–H and O–H groups in total. The molecule has 0 saturated carbocycles. The van der Waals surface area contributed by atoms with E-state index < -0.39 is 24.6 Å². The summed E-state index contributed by atoms with van der Waals surface area (Å²) in [6.07, 6.45) is -4.50. The first-order valence-electron chi connectivity index (χ1n) is 4.34. The van der Waals surface area contributed by atoms with Crippen LogP contribution in [0.4, 0.5) is 28.0 Å². The van der Waals surface area contributed by atoms with Crippen molar-refractivity contribution < 1.29 is 22.4 Å². The average molecular weight is 271 g/mol. The molecule has 0 atom stereocenters. The number of benzene rings is 1. The molecule has 0 aromatic heterocycles. The zero-order valence-corrected chi connectivity index (χ0v) is 8.99. The summed E-state index contributed by atoms with van der Waals surface area (Å²) in [5, 5.41) is 3.46. The van der Waals surface area contributed by atoms with Crippen LogP contribution in [0.25, 0.3) is 0 Å². The lowest BCUT2D eigenvalue weighted by Crippen LogP contribution is -2.36. The highest BCUT2D eigenvalue weighted by Crippen LogP contribution is 2.18. The summed E-state index contributed by atoms with van der Waals surface area (Å²) in [5.41, 5.74) is 0.00609. The lowest BCUT2D eigenvalue weighted by atomic mass is 10.3. The van der Waals surface area contributed by atoms with Crippen molar-refractivity contribution in [3.63, 3.8) is 0 Å². The van der Waals surface area contributed by atoms with E-state index in [1.807, 2.05) is 5.32 Å². The molecule has 0 bridgehead atoms. The van der Waals surface area contributed by atoms with Crippen molar-refractivity contribution in [1.82, 2.24) is 5.32 Å². The molecule has 2 amide bonds. The highest BCUT2D eigenvalue weighted by molar-refractivity contribution is 6.30. The summed E-state index contributed by atoms with van der Waals surface area (Å²) >= 11 is 5.39. The normalized spacial score (nSPS) is 11.1. The highest BCUT2D eigenvalue weighted by atomic mass is 35.5. The summed E-state index contributed by atoms with van der Waals surface area (Å²) in [5.74, 6) is -0.778. The van der Waals surface area contributed by atoms with Crippen LogP contribution < -0.4 is 10.6 Å². The molecule has 3 nitrogen and oxygen atoms in total. The standard InChI is InChI=1S/C9H7ClF4N2O/c10-6-2-1-5(3-7(6)11)16-8(17)15-4-9(12,13)14/h1-3H,4H2,(H2,15,16,17). The Morgan fingerprint density at radius 2 is 2.00 bits per heavy atom. The van der Waals surface area contributed by atoms with Crippen LogP contribution in [0, 0.1) is 5.82 Å². The van der Waals surface area contributed by atoms with Crippen LogP contribution >= 0.6 is 11.6 Å². The smallest absolute Gasteiger partial charge is 0.329 e. The van der Waals surface area contributed by atoms with Gasteiger partial charge >= 0.3 is 12.2 Å². The van der Waals surface area contributed by atoms with Gasteiger partial charge in [0.2, 0.25) is 0 Å². The fourth-order valence-corrected chi connectivity index (χ4v) is 1.05. The topological polar surface area (TPSA) is 41.1 Å². The largest absolute Gasteiger partial charge is 0.405 e.